The van der Waals surface area contributed by atoms with Crippen LogP contribution < -0.4 is 5.32 Å². The minimum Gasteiger partial charge on any atom is -0.355 e. The second kappa shape index (κ2) is 10.1. The number of carbonyl (C=O) groups excluding carboxylic acids is 1. The SMILES string of the molecule is O=C(NCCCc1ccccc1)C(Sc1nc2cc(Cl)ccc2s1)c1ccccc1. The smallest absolute Gasteiger partial charge is 0.238 e. The van der Waals surface area contributed by atoms with Crippen LogP contribution in [0.25, 0.3) is 10.2 Å². The second-order valence-corrected chi connectivity index (χ2v) is 9.70. The molecule has 3 nitrogen and oxygen atoms in total. The van der Waals surface area contributed by atoms with E-state index in [4.69, 9.17) is 11.6 Å². The van der Waals surface area contributed by atoms with E-state index in [2.05, 4.69) is 22.4 Å². The maximum absolute atomic E-state index is 13.1. The highest BCUT2D eigenvalue weighted by Crippen LogP contribution is 2.39. The van der Waals surface area contributed by atoms with Crippen molar-refractivity contribution >= 4 is 50.8 Å². The quantitative estimate of drug-likeness (QED) is 0.244. The largest absolute Gasteiger partial charge is 0.355 e. The fraction of sp³-hybridized carbons (Fsp3) is 0.167. The van der Waals surface area contributed by atoms with Gasteiger partial charge in [0.2, 0.25) is 5.91 Å². The first-order valence-electron chi connectivity index (χ1n) is 9.78. The summed E-state index contributed by atoms with van der Waals surface area (Å²) in [5.74, 6) is 0.0107. The first-order valence-corrected chi connectivity index (χ1v) is 11.9. The Morgan fingerprint density at radius 1 is 1.03 bits per heavy atom. The van der Waals surface area contributed by atoms with Crippen LogP contribution in [0.3, 0.4) is 0 Å². The molecule has 3 aromatic carbocycles. The van der Waals surface area contributed by atoms with Crippen molar-refractivity contribution in [2.75, 3.05) is 6.54 Å². The van der Waals surface area contributed by atoms with Crippen LogP contribution in [0, 0.1) is 0 Å². The number of benzene rings is 3. The van der Waals surface area contributed by atoms with E-state index in [1.54, 1.807) is 11.3 Å². The molecule has 0 saturated heterocycles. The van der Waals surface area contributed by atoms with Crippen molar-refractivity contribution in [3.8, 4) is 0 Å². The number of fused-ring (bicyclic) bond motifs is 1. The Hall–Kier alpha value is -2.34. The monoisotopic (exact) mass is 452 g/mol. The molecule has 30 heavy (non-hydrogen) atoms. The van der Waals surface area contributed by atoms with Crippen molar-refractivity contribution < 1.29 is 4.79 Å². The number of thiazole rings is 1. The minimum absolute atomic E-state index is 0.0107. The summed E-state index contributed by atoms with van der Waals surface area (Å²) in [5.41, 5.74) is 3.12. The molecule has 0 bridgehead atoms. The summed E-state index contributed by atoms with van der Waals surface area (Å²) >= 11 is 9.16. The first-order chi connectivity index (χ1) is 14.7. The Balaban J connectivity index is 1.44. The predicted molar refractivity (Wildman–Crippen MR) is 127 cm³/mol. The molecule has 4 rings (SSSR count). The van der Waals surface area contributed by atoms with E-state index in [0.29, 0.717) is 11.6 Å². The first kappa shape index (κ1) is 20.9. The molecule has 152 valence electrons. The molecule has 1 heterocycles. The molecule has 1 aromatic heterocycles. The number of carbonyl (C=O) groups is 1. The van der Waals surface area contributed by atoms with E-state index in [0.717, 1.165) is 33.0 Å². The van der Waals surface area contributed by atoms with Gasteiger partial charge in [-0.05, 0) is 42.2 Å². The van der Waals surface area contributed by atoms with Crippen LogP contribution in [0.4, 0.5) is 0 Å². The number of aromatic nitrogens is 1. The van der Waals surface area contributed by atoms with Crippen molar-refractivity contribution in [2.45, 2.75) is 22.4 Å². The van der Waals surface area contributed by atoms with Crippen molar-refractivity contribution in [2.24, 2.45) is 0 Å². The van der Waals surface area contributed by atoms with E-state index in [1.165, 1.54) is 17.3 Å². The summed E-state index contributed by atoms with van der Waals surface area (Å²) in [6, 6.07) is 25.9. The second-order valence-electron chi connectivity index (χ2n) is 6.88. The van der Waals surface area contributed by atoms with Gasteiger partial charge in [-0.1, -0.05) is 84.0 Å². The lowest BCUT2D eigenvalue weighted by molar-refractivity contribution is -0.120. The summed E-state index contributed by atoms with van der Waals surface area (Å²) in [4.78, 5) is 17.7. The van der Waals surface area contributed by atoms with E-state index in [-0.39, 0.29) is 11.2 Å². The molecule has 0 fully saturated rings. The highest BCUT2D eigenvalue weighted by Gasteiger charge is 2.23. The maximum atomic E-state index is 13.1. The molecule has 6 heteroatoms. The van der Waals surface area contributed by atoms with Crippen molar-refractivity contribution in [1.29, 1.82) is 0 Å². The van der Waals surface area contributed by atoms with E-state index in [9.17, 15) is 4.79 Å². The van der Waals surface area contributed by atoms with E-state index in [1.807, 2.05) is 66.7 Å². The van der Waals surface area contributed by atoms with Gasteiger partial charge < -0.3 is 5.32 Å². The zero-order valence-electron chi connectivity index (χ0n) is 16.3. The number of hydrogen-bond donors (Lipinski definition) is 1. The fourth-order valence-electron chi connectivity index (χ4n) is 3.17. The third kappa shape index (κ3) is 5.42. The lowest BCUT2D eigenvalue weighted by atomic mass is 10.1. The number of thioether (sulfide) groups is 1. The molecule has 0 saturated carbocycles. The number of nitrogens with zero attached hydrogens (tertiary/aromatic N) is 1. The van der Waals surface area contributed by atoms with Gasteiger partial charge in [0.05, 0.1) is 10.2 Å². The topological polar surface area (TPSA) is 42.0 Å². The van der Waals surface area contributed by atoms with Gasteiger partial charge in [-0.2, -0.15) is 0 Å². The Labute approximate surface area is 189 Å². The Kier molecular flexibility index (Phi) is 7.05. The lowest BCUT2D eigenvalue weighted by Crippen LogP contribution is -2.29. The normalized spacial score (nSPS) is 12.0. The Bertz CT molecular complexity index is 1120. The number of halogens is 1. The van der Waals surface area contributed by atoms with Gasteiger partial charge in [-0.15, -0.1) is 11.3 Å². The summed E-state index contributed by atoms with van der Waals surface area (Å²) in [7, 11) is 0. The van der Waals surface area contributed by atoms with Crippen LogP contribution in [0.5, 0.6) is 0 Å². The van der Waals surface area contributed by atoms with Crippen molar-refractivity contribution in [3.05, 3.63) is 95.0 Å². The number of amides is 1. The average molecular weight is 453 g/mol. The zero-order valence-corrected chi connectivity index (χ0v) is 18.6. The molecular formula is C24H21ClN2OS2. The number of hydrogen-bond acceptors (Lipinski definition) is 4. The Morgan fingerprint density at radius 2 is 1.77 bits per heavy atom. The molecule has 1 unspecified atom stereocenters. The molecular weight excluding hydrogens is 432 g/mol. The van der Waals surface area contributed by atoms with Crippen LogP contribution in [0.15, 0.2) is 83.2 Å². The van der Waals surface area contributed by atoms with Gasteiger partial charge in [0.1, 0.15) is 5.25 Å². The highest BCUT2D eigenvalue weighted by atomic mass is 35.5. The fourth-order valence-corrected chi connectivity index (χ4v) is 5.60. The van der Waals surface area contributed by atoms with Crippen molar-refractivity contribution in [1.82, 2.24) is 10.3 Å². The van der Waals surface area contributed by atoms with Gasteiger partial charge in [0, 0.05) is 11.6 Å². The molecule has 0 aliphatic carbocycles. The standard InChI is InChI=1S/C24H21ClN2OS2/c25-19-13-14-21-20(16-19)27-24(29-21)30-22(18-11-5-2-6-12-18)23(28)26-15-7-10-17-8-3-1-4-9-17/h1-6,8-9,11-14,16,22H,7,10,15H2,(H,26,28). The molecule has 4 aromatic rings. The van der Waals surface area contributed by atoms with Gasteiger partial charge in [-0.25, -0.2) is 4.98 Å². The van der Waals surface area contributed by atoms with Gasteiger partial charge in [0.25, 0.3) is 0 Å². The number of aryl methyl sites for hydroxylation is 1. The third-order valence-corrected chi connectivity index (χ3v) is 7.29. The average Bonchev–Trinajstić information content (AvgIpc) is 3.18. The molecule has 0 aliphatic rings. The minimum atomic E-state index is -0.348. The van der Waals surface area contributed by atoms with Crippen LogP contribution in [0.2, 0.25) is 5.02 Å². The van der Waals surface area contributed by atoms with E-state index >= 15 is 0 Å². The van der Waals surface area contributed by atoms with Crippen LogP contribution >= 0.6 is 34.7 Å². The molecule has 1 atom stereocenters. The third-order valence-electron chi connectivity index (χ3n) is 4.67. The van der Waals surface area contributed by atoms with Crippen LogP contribution in [-0.2, 0) is 11.2 Å². The van der Waals surface area contributed by atoms with Gasteiger partial charge in [-0.3, -0.25) is 4.79 Å². The zero-order chi connectivity index (χ0) is 20.8. The summed E-state index contributed by atoms with van der Waals surface area (Å²) < 4.78 is 1.93. The molecule has 1 N–H and O–H groups in total. The molecule has 0 spiro atoms. The lowest BCUT2D eigenvalue weighted by Gasteiger charge is -2.15. The molecule has 1 amide bonds. The van der Waals surface area contributed by atoms with E-state index < -0.39 is 0 Å². The Morgan fingerprint density at radius 3 is 2.53 bits per heavy atom. The van der Waals surface area contributed by atoms with Crippen molar-refractivity contribution in [3.63, 3.8) is 0 Å². The van der Waals surface area contributed by atoms with Crippen LogP contribution in [0.1, 0.15) is 22.8 Å². The summed E-state index contributed by atoms with van der Waals surface area (Å²) in [6.07, 6.45) is 1.85. The maximum Gasteiger partial charge on any atom is 0.238 e. The molecule has 0 radical (unpaired) electrons. The predicted octanol–water partition coefficient (Wildman–Crippen LogP) is 6.53. The number of rotatable bonds is 8. The highest BCUT2D eigenvalue weighted by molar-refractivity contribution is 8.02. The van der Waals surface area contributed by atoms with Crippen LogP contribution in [-0.4, -0.2) is 17.4 Å². The van der Waals surface area contributed by atoms with Gasteiger partial charge in [0.15, 0.2) is 4.34 Å². The summed E-state index contributed by atoms with van der Waals surface area (Å²) in [5, 5.41) is 3.43. The van der Waals surface area contributed by atoms with Gasteiger partial charge >= 0.3 is 0 Å². The molecule has 0 aliphatic heterocycles. The summed E-state index contributed by atoms with van der Waals surface area (Å²) in [6.45, 7) is 0.646. The number of nitrogens with one attached hydrogen (secondary N) is 1.